The molecular formula is C19H21N3O3. The second-order valence-electron chi connectivity index (χ2n) is 6.60. The Balaban J connectivity index is 1.85. The first-order chi connectivity index (χ1) is 12.0. The molecule has 2 N–H and O–H groups in total. The fraction of sp³-hybridized carbons (Fsp3) is 0.316. The van der Waals surface area contributed by atoms with Gasteiger partial charge in [-0.2, -0.15) is 0 Å². The lowest BCUT2D eigenvalue weighted by molar-refractivity contribution is -0.384. The molecule has 2 aromatic rings. The van der Waals surface area contributed by atoms with Gasteiger partial charge in [0.2, 0.25) is 0 Å². The monoisotopic (exact) mass is 339 g/mol. The van der Waals surface area contributed by atoms with Crippen LogP contribution in [0.5, 0.6) is 0 Å². The van der Waals surface area contributed by atoms with Crippen molar-refractivity contribution in [3.8, 4) is 0 Å². The number of hydrogen-bond donors (Lipinski definition) is 2. The molecule has 25 heavy (non-hydrogen) atoms. The number of hydrogen-bond acceptors (Lipinski definition) is 4. The lowest BCUT2D eigenvalue weighted by Gasteiger charge is -2.14. The Kier molecular flexibility index (Phi) is 4.70. The maximum Gasteiger partial charge on any atom is 0.293 e. The van der Waals surface area contributed by atoms with Crippen LogP contribution < -0.4 is 10.6 Å². The van der Waals surface area contributed by atoms with Crippen molar-refractivity contribution >= 4 is 23.0 Å². The second kappa shape index (κ2) is 6.93. The lowest BCUT2D eigenvalue weighted by Crippen LogP contribution is -2.14. The van der Waals surface area contributed by atoms with Crippen molar-refractivity contribution in [2.24, 2.45) is 0 Å². The summed E-state index contributed by atoms with van der Waals surface area (Å²) >= 11 is 0. The van der Waals surface area contributed by atoms with E-state index in [0.717, 1.165) is 24.1 Å². The molecule has 0 aliphatic heterocycles. The standard InChI is InChI=1S/C19H21N3O3/c1-12(2)15-5-3-4-6-16(15)21-19(23)13-7-10-17(20-14-8-9-14)18(11-13)22(24)25/h3-7,10-12,14,20H,8-9H2,1-2H3,(H,21,23). The van der Waals surface area contributed by atoms with Gasteiger partial charge in [0, 0.05) is 23.4 Å². The van der Waals surface area contributed by atoms with E-state index in [0.29, 0.717) is 11.7 Å². The maximum atomic E-state index is 12.6. The summed E-state index contributed by atoms with van der Waals surface area (Å²) in [5.74, 6) is -0.0925. The van der Waals surface area contributed by atoms with Gasteiger partial charge in [-0.15, -0.1) is 0 Å². The summed E-state index contributed by atoms with van der Waals surface area (Å²) < 4.78 is 0. The minimum absolute atomic E-state index is 0.0725. The van der Waals surface area contributed by atoms with E-state index in [1.54, 1.807) is 12.1 Å². The first-order valence-electron chi connectivity index (χ1n) is 8.41. The van der Waals surface area contributed by atoms with Crippen molar-refractivity contribution in [2.45, 2.75) is 38.6 Å². The molecule has 0 aromatic heterocycles. The molecule has 2 aromatic carbocycles. The predicted octanol–water partition coefficient (Wildman–Crippen LogP) is 4.54. The molecule has 1 fully saturated rings. The van der Waals surface area contributed by atoms with E-state index in [2.05, 4.69) is 10.6 Å². The van der Waals surface area contributed by atoms with Gasteiger partial charge >= 0.3 is 0 Å². The largest absolute Gasteiger partial charge is 0.377 e. The van der Waals surface area contributed by atoms with Gasteiger partial charge in [-0.1, -0.05) is 32.0 Å². The van der Waals surface area contributed by atoms with Crippen molar-refractivity contribution in [1.82, 2.24) is 0 Å². The molecule has 0 atom stereocenters. The first-order valence-corrected chi connectivity index (χ1v) is 8.41. The summed E-state index contributed by atoms with van der Waals surface area (Å²) in [6, 6.07) is 12.4. The predicted molar refractivity (Wildman–Crippen MR) is 98.2 cm³/mol. The smallest absolute Gasteiger partial charge is 0.293 e. The lowest BCUT2D eigenvalue weighted by atomic mass is 10.0. The second-order valence-corrected chi connectivity index (χ2v) is 6.60. The molecule has 1 saturated carbocycles. The molecular weight excluding hydrogens is 318 g/mol. The number of amides is 1. The van der Waals surface area contributed by atoms with Crippen LogP contribution in [0.3, 0.4) is 0 Å². The van der Waals surface area contributed by atoms with Crippen LogP contribution in [0.4, 0.5) is 17.1 Å². The molecule has 3 rings (SSSR count). The number of nitrogens with one attached hydrogen (secondary N) is 2. The number of nitro groups is 1. The van der Waals surface area contributed by atoms with Crippen LogP contribution in [0.15, 0.2) is 42.5 Å². The Bertz CT molecular complexity index is 813. The van der Waals surface area contributed by atoms with E-state index in [1.165, 1.54) is 6.07 Å². The van der Waals surface area contributed by atoms with Gasteiger partial charge in [0.15, 0.2) is 0 Å². The molecule has 0 saturated heterocycles. The number of carbonyl (C=O) groups excluding carboxylic acids is 1. The van der Waals surface area contributed by atoms with Gasteiger partial charge in [-0.3, -0.25) is 14.9 Å². The minimum atomic E-state index is -0.455. The van der Waals surface area contributed by atoms with Crippen LogP contribution in [0.1, 0.15) is 48.5 Å². The number of rotatable bonds is 6. The van der Waals surface area contributed by atoms with Gasteiger partial charge in [0.05, 0.1) is 4.92 Å². The number of para-hydroxylation sites is 1. The van der Waals surface area contributed by atoms with E-state index in [9.17, 15) is 14.9 Å². The molecule has 0 unspecified atom stereocenters. The summed E-state index contributed by atoms with van der Waals surface area (Å²) in [5.41, 5.74) is 2.41. The quantitative estimate of drug-likeness (QED) is 0.597. The average molecular weight is 339 g/mol. The number of carbonyl (C=O) groups is 1. The highest BCUT2D eigenvalue weighted by atomic mass is 16.6. The van der Waals surface area contributed by atoms with Gasteiger partial charge in [0.25, 0.3) is 11.6 Å². The van der Waals surface area contributed by atoms with Crippen LogP contribution in [-0.4, -0.2) is 16.9 Å². The van der Waals surface area contributed by atoms with Crippen molar-refractivity contribution in [1.29, 1.82) is 0 Å². The summed E-state index contributed by atoms with van der Waals surface area (Å²) in [7, 11) is 0. The molecule has 6 nitrogen and oxygen atoms in total. The zero-order valence-corrected chi connectivity index (χ0v) is 14.3. The van der Waals surface area contributed by atoms with E-state index >= 15 is 0 Å². The summed E-state index contributed by atoms with van der Waals surface area (Å²) in [6.45, 7) is 4.10. The minimum Gasteiger partial charge on any atom is -0.377 e. The fourth-order valence-corrected chi connectivity index (χ4v) is 2.70. The maximum absolute atomic E-state index is 12.6. The van der Waals surface area contributed by atoms with Crippen molar-refractivity contribution in [2.75, 3.05) is 10.6 Å². The van der Waals surface area contributed by atoms with Gasteiger partial charge < -0.3 is 10.6 Å². The molecule has 0 spiro atoms. The Labute approximate surface area is 146 Å². The average Bonchev–Trinajstić information content (AvgIpc) is 3.39. The van der Waals surface area contributed by atoms with Crippen LogP contribution in [-0.2, 0) is 0 Å². The number of nitro benzene ring substituents is 1. The third-order valence-corrected chi connectivity index (χ3v) is 4.22. The van der Waals surface area contributed by atoms with Crippen LogP contribution in [0, 0.1) is 10.1 Å². The normalized spacial score (nSPS) is 13.6. The molecule has 130 valence electrons. The third kappa shape index (κ3) is 3.96. The van der Waals surface area contributed by atoms with Crippen LogP contribution in [0.2, 0.25) is 0 Å². The molecule has 1 amide bonds. The van der Waals surface area contributed by atoms with Crippen LogP contribution >= 0.6 is 0 Å². The van der Waals surface area contributed by atoms with Gasteiger partial charge in [-0.05, 0) is 42.5 Å². The molecule has 0 heterocycles. The van der Waals surface area contributed by atoms with Crippen molar-refractivity contribution < 1.29 is 9.72 Å². The van der Waals surface area contributed by atoms with Crippen LogP contribution in [0.25, 0.3) is 0 Å². The number of anilines is 2. The van der Waals surface area contributed by atoms with Crippen molar-refractivity contribution in [3.05, 3.63) is 63.7 Å². The van der Waals surface area contributed by atoms with E-state index in [-0.39, 0.29) is 23.1 Å². The summed E-state index contributed by atoms with van der Waals surface area (Å²) in [4.78, 5) is 23.4. The topological polar surface area (TPSA) is 84.3 Å². The highest BCUT2D eigenvalue weighted by molar-refractivity contribution is 6.05. The Morgan fingerprint density at radius 1 is 1.16 bits per heavy atom. The highest BCUT2D eigenvalue weighted by Crippen LogP contribution is 2.32. The highest BCUT2D eigenvalue weighted by Gasteiger charge is 2.25. The van der Waals surface area contributed by atoms with E-state index in [1.807, 2.05) is 38.1 Å². The molecule has 0 bridgehead atoms. The third-order valence-electron chi connectivity index (χ3n) is 4.22. The van der Waals surface area contributed by atoms with E-state index < -0.39 is 4.92 Å². The molecule has 6 heteroatoms. The SMILES string of the molecule is CC(C)c1ccccc1NC(=O)c1ccc(NC2CC2)c([N+](=O)[O-])c1. The fourth-order valence-electron chi connectivity index (χ4n) is 2.70. The van der Waals surface area contributed by atoms with Gasteiger partial charge in [0.1, 0.15) is 5.69 Å². The van der Waals surface area contributed by atoms with Crippen molar-refractivity contribution in [3.63, 3.8) is 0 Å². The molecule has 1 aliphatic carbocycles. The van der Waals surface area contributed by atoms with E-state index in [4.69, 9.17) is 0 Å². The molecule has 1 aliphatic rings. The number of nitrogens with zero attached hydrogens (tertiary/aromatic N) is 1. The Morgan fingerprint density at radius 2 is 1.88 bits per heavy atom. The number of benzene rings is 2. The first kappa shape index (κ1) is 17.0. The summed E-state index contributed by atoms with van der Waals surface area (Å²) in [5, 5.41) is 17.3. The molecule has 0 radical (unpaired) electrons. The Hall–Kier alpha value is -2.89. The zero-order valence-electron chi connectivity index (χ0n) is 14.3. The summed E-state index contributed by atoms with van der Waals surface area (Å²) in [6.07, 6.45) is 2.04. The Morgan fingerprint density at radius 3 is 2.52 bits per heavy atom. The van der Waals surface area contributed by atoms with Gasteiger partial charge in [-0.25, -0.2) is 0 Å². The zero-order chi connectivity index (χ0) is 18.0.